The zero-order valence-corrected chi connectivity index (χ0v) is 16.7. The quantitative estimate of drug-likeness (QED) is 0.538. The number of nitrogen functional groups attached to an aromatic ring is 1. The molecule has 3 rings (SSSR count). The molecule has 0 aliphatic heterocycles. The Labute approximate surface area is 173 Å². The Morgan fingerprint density at radius 1 is 1.14 bits per heavy atom. The number of hydrogen-bond donors (Lipinski definition) is 3. The Hall–Kier alpha value is -3.70. The van der Waals surface area contributed by atoms with Crippen LogP contribution in [0.2, 0.25) is 5.02 Å². The summed E-state index contributed by atoms with van der Waals surface area (Å²) in [4.78, 5) is 16.7. The maximum absolute atomic E-state index is 9.00. The first-order valence-corrected chi connectivity index (χ1v) is 9.20. The van der Waals surface area contributed by atoms with Crippen molar-refractivity contribution in [2.45, 2.75) is 20.3 Å². The molecule has 0 bridgehead atoms. The number of aromatic nitrogens is 4. The van der Waals surface area contributed by atoms with Gasteiger partial charge in [0.1, 0.15) is 35.7 Å². The van der Waals surface area contributed by atoms with Gasteiger partial charge in [-0.25, -0.2) is 19.9 Å². The molecule has 0 aliphatic rings. The smallest absolute Gasteiger partial charge is 0.149 e. The van der Waals surface area contributed by atoms with Crippen molar-refractivity contribution >= 4 is 46.6 Å². The lowest BCUT2D eigenvalue weighted by Crippen LogP contribution is -2.02. The van der Waals surface area contributed by atoms with Crippen LogP contribution in [0.25, 0.3) is 6.08 Å². The van der Waals surface area contributed by atoms with Crippen molar-refractivity contribution in [1.29, 1.82) is 5.26 Å². The molecule has 0 amide bonds. The second-order valence-corrected chi connectivity index (χ2v) is 6.65. The first-order valence-electron chi connectivity index (χ1n) is 8.83. The van der Waals surface area contributed by atoms with Crippen molar-refractivity contribution in [3.63, 3.8) is 0 Å². The number of pyridine rings is 2. The van der Waals surface area contributed by atoms with Crippen LogP contribution in [0, 0.1) is 11.3 Å². The van der Waals surface area contributed by atoms with Gasteiger partial charge >= 0.3 is 0 Å². The SMILES string of the molecule is CCC(C)=Cc1cnc(Nc2cc(N)ncn2)cc1Nc1ncc(C#N)cc1Cl. The number of allylic oxidation sites excluding steroid dienone is 1. The summed E-state index contributed by atoms with van der Waals surface area (Å²) in [5.74, 6) is 1.88. The third kappa shape index (κ3) is 5.18. The zero-order valence-electron chi connectivity index (χ0n) is 15.9. The van der Waals surface area contributed by atoms with Crippen molar-refractivity contribution in [3.8, 4) is 6.07 Å². The average Bonchev–Trinajstić information content (AvgIpc) is 2.71. The van der Waals surface area contributed by atoms with Gasteiger partial charge in [0.15, 0.2) is 0 Å². The van der Waals surface area contributed by atoms with Crippen LogP contribution in [-0.4, -0.2) is 19.9 Å². The number of nitrogens with two attached hydrogens (primary N) is 1. The third-order valence-electron chi connectivity index (χ3n) is 4.06. The molecule has 3 aromatic heterocycles. The first kappa shape index (κ1) is 20.0. The molecule has 3 heterocycles. The Kier molecular flexibility index (Phi) is 6.22. The average molecular weight is 407 g/mol. The minimum atomic E-state index is 0.348. The summed E-state index contributed by atoms with van der Waals surface area (Å²) in [5, 5.41) is 15.7. The fourth-order valence-corrected chi connectivity index (χ4v) is 2.63. The van der Waals surface area contributed by atoms with E-state index in [-0.39, 0.29) is 0 Å². The van der Waals surface area contributed by atoms with E-state index in [0.717, 1.165) is 17.7 Å². The normalized spacial score (nSPS) is 11.0. The van der Waals surface area contributed by atoms with Gasteiger partial charge in [0, 0.05) is 30.1 Å². The zero-order chi connectivity index (χ0) is 20.8. The summed E-state index contributed by atoms with van der Waals surface area (Å²) in [6, 6.07) is 7.02. The molecule has 0 radical (unpaired) electrons. The van der Waals surface area contributed by atoms with Gasteiger partial charge in [-0.2, -0.15) is 5.26 Å². The predicted molar refractivity (Wildman–Crippen MR) is 115 cm³/mol. The molecule has 0 unspecified atom stereocenters. The molecule has 0 saturated heterocycles. The number of nitrogens with one attached hydrogen (secondary N) is 2. The molecular weight excluding hydrogens is 388 g/mol. The second kappa shape index (κ2) is 8.99. The van der Waals surface area contributed by atoms with E-state index in [1.165, 1.54) is 18.1 Å². The molecule has 0 spiro atoms. The van der Waals surface area contributed by atoms with E-state index < -0.39 is 0 Å². The molecule has 0 atom stereocenters. The third-order valence-corrected chi connectivity index (χ3v) is 4.35. The minimum Gasteiger partial charge on any atom is -0.384 e. The molecule has 146 valence electrons. The Morgan fingerprint density at radius 3 is 2.62 bits per heavy atom. The van der Waals surface area contributed by atoms with Crippen LogP contribution < -0.4 is 16.4 Å². The van der Waals surface area contributed by atoms with Gasteiger partial charge in [0.2, 0.25) is 0 Å². The molecule has 9 heteroatoms. The minimum absolute atomic E-state index is 0.348. The summed E-state index contributed by atoms with van der Waals surface area (Å²) in [6.07, 6.45) is 7.53. The van der Waals surface area contributed by atoms with Crippen LogP contribution in [0.3, 0.4) is 0 Å². The lowest BCUT2D eigenvalue weighted by atomic mass is 10.1. The van der Waals surface area contributed by atoms with Gasteiger partial charge in [-0.15, -0.1) is 0 Å². The molecular formula is C20H19ClN8. The summed E-state index contributed by atoms with van der Waals surface area (Å²) >= 11 is 6.28. The highest BCUT2D eigenvalue weighted by atomic mass is 35.5. The Morgan fingerprint density at radius 2 is 1.93 bits per heavy atom. The van der Waals surface area contributed by atoms with E-state index in [2.05, 4.69) is 37.5 Å². The lowest BCUT2D eigenvalue weighted by Gasteiger charge is -2.13. The van der Waals surface area contributed by atoms with Crippen molar-refractivity contribution in [3.05, 3.63) is 58.6 Å². The van der Waals surface area contributed by atoms with E-state index >= 15 is 0 Å². The van der Waals surface area contributed by atoms with Gasteiger partial charge in [-0.05, 0) is 19.4 Å². The van der Waals surface area contributed by atoms with Crippen molar-refractivity contribution < 1.29 is 0 Å². The van der Waals surface area contributed by atoms with Gasteiger partial charge in [-0.1, -0.05) is 30.2 Å². The molecule has 29 heavy (non-hydrogen) atoms. The Bertz CT molecular complexity index is 1100. The van der Waals surface area contributed by atoms with Crippen LogP contribution in [0.4, 0.5) is 29.0 Å². The maximum atomic E-state index is 9.00. The van der Waals surface area contributed by atoms with Crippen molar-refractivity contribution in [1.82, 2.24) is 19.9 Å². The molecule has 0 fully saturated rings. The molecule has 8 nitrogen and oxygen atoms in total. The van der Waals surface area contributed by atoms with Crippen LogP contribution in [0.1, 0.15) is 31.4 Å². The topological polar surface area (TPSA) is 125 Å². The van der Waals surface area contributed by atoms with Gasteiger partial charge < -0.3 is 16.4 Å². The monoisotopic (exact) mass is 406 g/mol. The first-order chi connectivity index (χ1) is 14.0. The molecule has 0 aromatic carbocycles. The van der Waals surface area contributed by atoms with E-state index in [0.29, 0.717) is 33.9 Å². The van der Waals surface area contributed by atoms with Gasteiger partial charge in [0.05, 0.1) is 16.3 Å². The number of nitriles is 1. The predicted octanol–water partition coefficient (Wildman–Crippen LogP) is 4.67. The largest absolute Gasteiger partial charge is 0.384 e. The van der Waals surface area contributed by atoms with Crippen LogP contribution in [0.15, 0.2) is 42.5 Å². The highest BCUT2D eigenvalue weighted by Gasteiger charge is 2.10. The number of nitrogens with zero attached hydrogens (tertiary/aromatic N) is 5. The standard InChI is InChI=1S/C20H19ClN8/c1-3-12(2)4-14-10-24-18(29-19-7-17(23)26-11-27-19)6-16(14)28-20-15(21)5-13(8-22)9-25-20/h4-7,9-11H,3H2,1-2H3,(H4,23,24,25,26,27,28,29). The van der Waals surface area contributed by atoms with Gasteiger partial charge in [0.25, 0.3) is 0 Å². The highest BCUT2D eigenvalue weighted by molar-refractivity contribution is 6.33. The molecule has 3 aromatic rings. The van der Waals surface area contributed by atoms with E-state index in [9.17, 15) is 0 Å². The molecule has 0 aliphatic carbocycles. The number of anilines is 5. The van der Waals surface area contributed by atoms with Crippen LogP contribution in [0.5, 0.6) is 0 Å². The van der Waals surface area contributed by atoms with E-state index in [1.807, 2.05) is 25.1 Å². The second-order valence-electron chi connectivity index (χ2n) is 6.25. The fraction of sp³-hybridized carbons (Fsp3) is 0.150. The van der Waals surface area contributed by atoms with Crippen molar-refractivity contribution in [2.75, 3.05) is 16.4 Å². The van der Waals surface area contributed by atoms with Crippen LogP contribution >= 0.6 is 11.6 Å². The molecule has 0 saturated carbocycles. The highest BCUT2D eigenvalue weighted by Crippen LogP contribution is 2.29. The number of rotatable bonds is 6. The summed E-state index contributed by atoms with van der Waals surface area (Å²) in [5.41, 5.74) is 8.90. The fourth-order valence-electron chi connectivity index (χ4n) is 2.42. The van der Waals surface area contributed by atoms with E-state index in [1.54, 1.807) is 18.3 Å². The van der Waals surface area contributed by atoms with Gasteiger partial charge in [-0.3, -0.25) is 0 Å². The summed E-state index contributed by atoms with van der Waals surface area (Å²) in [7, 11) is 0. The summed E-state index contributed by atoms with van der Waals surface area (Å²) in [6.45, 7) is 4.13. The van der Waals surface area contributed by atoms with Crippen molar-refractivity contribution in [2.24, 2.45) is 0 Å². The van der Waals surface area contributed by atoms with Crippen LogP contribution in [-0.2, 0) is 0 Å². The lowest BCUT2D eigenvalue weighted by molar-refractivity contribution is 1.11. The Balaban J connectivity index is 1.98. The maximum Gasteiger partial charge on any atom is 0.149 e. The van der Waals surface area contributed by atoms with E-state index in [4.69, 9.17) is 22.6 Å². The summed E-state index contributed by atoms with van der Waals surface area (Å²) < 4.78 is 0. The number of hydrogen-bond acceptors (Lipinski definition) is 8. The number of halogens is 1. The molecule has 4 N–H and O–H groups in total.